The Kier molecular flexibility index (Phi) is 6.80. The lowest BCUT2D eigenvalue weighted by Crippen LogP contribution is -2.00. The minimum Gasteiger partial charge on any atom is -0.258 e. The van der Waals surface area contributed by atoms with Gasteiger partial charge < -0.3 is 0 Å². The standard InChI is InChI=1S/C10H4Cl5NO2S/c11-5-1-3-6(4-2-5)19-10(15)8(16(17)18)7(12)9(13)14/h1-4H. The van der Waals surface area contributed by atoms with Crippen LogP contribution in [-0.2, 0) is 0 Å². The smallest absolute Gasteiger partial charge is 0.258 e. The van der Waals surface area contributed by atoms with E-state index in [0.717, 1.165) is 11.8 Å². The molecule has 102 valence electrons. The van der Waals surface area contributed by atoms with E-state index >= 15 is 0 Å². The zero-order valence-corrected chi connectivity index (χ0v) is 13.5. The first-order valence-electron chi connectivity index (χ1n) is 4.51. The summed E-state index contributed by atoms with van der Waals surface area (Å²) in [5.74, 6) is 0. The Morgan fingerprint density at radius 1 is 1.11 bits per heavy atom. The van der Waals surface area contributed by atoms with Crippen molar-refractivity contribution in [2.45, 2.75) is 4.90 Å². The average Bonchev–Trinajstić information content (AvgIpc) is 2.31. The Hall–Kier alpha value is -0.100. The average molecular weight is 379 g/mol. The number of benzene rings is 1. The number of allylic oxidation sites excluding steroid dienone is 1. The van der Waals surface area contributed by atoms with Gasteiger partial charge in [-0.05, 0) is 24.3 Å². The van der Waals surface area contributed by atoms with Crippen LogP contribution >= 0.6 is 69.8 Å². The molecule has 0 bridgehead atoms. The van der Waals surface area contributed by atoms with E-state index in [9.17, 15) is 10.1 Å². The van der Waals surface area contributed by atoms with Gasteiger partial charge in [-0.2, -0.15) is 0 Å². The first kappa shape index (κ1) is 17.0. The van der Waals surface area contributed by atoms with E-state index < -0.39 is 20.1 Å². The second-order valence-corrected chi connectivity index (χ2v) is 6.46. The van der Waals surface area contributed by atoms with Crippen LogP contribution in [0.5, 0.6) is 0 Å². The molecule has 0 amide bonds. The minimum absolute atomic E-state index is 0.156. The zero-order chi connectivity index (χ0) is 14.6. The quantitative estimate of drug-likeness (QED) is 0.279. The van der Waals surface area contributed by atoms with Gasteiger partial charge in [-0.3, -0.25) is 10.1 Å². The van der Waals surface area contributed by atoms with Gasteiger partial charge in [0.05, 0.1) is 4.92 Å². The van der Waals surface area contributed by atoms with E-state index in [1.165, 1.54) is 0 Å². The van der Waals surface area contributed by atoms with Crippen LogP contribution in [-0.4, -0.2) is 4.92 Å². The first-order chi connectivity index (χ1) is 8.82. The lowest BCUT2D eigenvalue weighted by atomic mass is 10.4. The number of thioether (sulfide) groups is 1. The number of nitrogens with zero attached hydrogens (tertiary/aromatic N) is 1. The van der Waals surface area contributed by atoms with Gasteiger partial charge in [-0.1, -0.05) is 69.8 Å². The summed E-state index contributed by atoms with van der Waals surface area (Å²) in [6.45, 7) is 0. The van der Waals surface area contributed by atoms with Crippen LogP contribution in [0.25, 0.3) is 0 Å². The van der Waals surface area contributed by atoms with E-state index in [1.807, 2.05) is 0 Å². The fourth-order valence-electron chi connectivity index (χ4n) is 0.982. The number of nitro groups is 1. The maximum absolute atomic E-state index is 10.9. The summed E-state index contributed by atoms with van der Waals surface area (Å²) in [6.07, 6.45) is 0. The molecule has 0 saturated carbocycles. The second-order valence-electron chi connectivity index (χ2n) is 3.01. The van der Waals surface area contributed by atoms with Crippen LogP contribution in [0.4, 0.5) is 0 Å². The molecule has 1 aromatic carbocycles. The van der Waals surface area contributed by atoms with Crippen LogP contribution in [0.1, 0.15) is 0 Å². The van der Waals surface area contributed by atoms with Crippen molar-refractivity contribution in [1.29, 1.82) is 0 Å². The van der Waals surface area contributed by atoms with Crippen LogP contribution < -0.4 is 0 Å². The molecule has 19 heavy (non-hydrogen) atoms. The highest BCUT2D eigenvalue weighted by molar-refractivity contribution is 8.04. The summed E-state index contributed by atoms with van der Waals surface area (Å²) in [5, 5.41) is 11.0. The molecule has 1 aromatic rings. The molecule has 0 atom stereocenters. The third-order valence-corrected chi connectivity index (χ3v) is 4.25. The summed E-state index contributed by atoms with van der Waals surface area (Å²) in [4.78, 5) is 10.8. The van der Waals surface area contributed by atoms with E-state index in [0.29, 0.717) is 9.92 Å². The SMILES string of the molecule is O=[N+]([O-])C(=C(Cl)Sc1ccc(Cl)cc1)C(Cl)=C(Cl)Cl. The first-order valence-corrected chi connectivity index (χ1v) is 7.22. The molecule has 0 radical (unpaired) electrons. The topological polar surface area (TPSA) is 43.1 Å². The third kappa shape index (κ3) is 5.06. The van der Waals surface area contributed by atoms with Gasteiger partial charge >= 0.3 is 5.70 Å². The second kappa shape index (κ2) is 7.62. The molecule has 1 rings (SSSR count). The fourth-order valence-corrected chi connectivity index (χ4v) is 2.74. The maximum atomic E-state index is 10.9. The van der Waals surface area contributed by atoms with Crippen molar-refractivity contribution in [3.05, 3.63) is 59.0 Å². The molecule has 0 aliphatic heterocycles. The largest absolute Gasteiger partial charge is 0.315 e. The molecule has 3 nitrogen and oxygen atoms in total. The molecule has 0 aromatic heterocycles. The normalized spacial score (nSPS) is 11.8. The van der Waals surface area contributed by atoms with Gasteiger partial charge in [0.2, 0.25) is 0 Å². The van der Waals surface area contributed by atoms with Gasteiger partial charge in [-0.25, -0.2) is 0 Å². The summed E-state index contributed by atoms with van der Waals surface area (Å²) in [6, 6.07) is 6.58. The highest BCUT2D eigenvalue weighted by Gasteiger charge is 2.24. The molecule has 0 N–H and O–H groups in total. The number of rotatable bonds is 4. The van der Waals surface area contributed by atoms with Gasteiger partial charge in [0.1, 0.15) is 4.49 Å². The van der Waals surface area contributed by atoms with Gasteiger partial charge in [0, 0.05) is 9.92 Å². The monoisotopic (exact) mass is 377 g/mol. The molecule has 0 saturated heterocycles. The van der Waals surface area contributed by atoms with Crippen LogP contribution in [0, 0.1) is 10.1 Å². The van der Waals surface area contributed by atoms with Gasteiger partial charge in [0.15, 0.2) is 9.40 Å². The van der Waals surface area contributed by atoms with Crippen LogP contribution in [0.15, 0.2) is 48.7 Å². The Bertz CT molecular complexity index is 552. The van der Waals surface area contributed by atoms with Crippen molar-refractivity contribution in [2.24, 2.45) is 0 Å². The van der Waals surface area contributed by atoms with E-state index in [4.69, 9.17) is 58.0 Å². The van der Waals surface area contributed by atoms with Crippen molar-refractivity contribution in [3.63, 3.8) is 0 Å². The predicted octanol–water partition coefficient (Wildman–Crippen LogP) is 6.00. The molecule has 0 fully saturated rings. The predicted molar refractivity (Wildman–Crippen MR) is 81.8 cm³/mol. The summed E-state index contributed by atoms with van der Waals surface area (Å²) in [5.41, 5.74) is -0.553. The van der Waals surface area contributed by atoms with E-state index in [-0.39, 0.29) is 4.36 Å². The van der Waals surface area contributed by atoms with E-state index in [2.05, 4.69) is 0 Å². The molecular formula is C10H4Cl5NO2S. The molecule has 0 unspecified atom stereocenters. The van der Waals surface area contributed by atoms with Crippen molar-refractivity contribution in [1.82, 2.24) is 0 Å². The van der Waals surface area contributed by atoms with Gasteiger partial charge in [0.25, 0.3) is 0 Å². The summed E-state index contributed by atoms with van der Waals surface area (Å²) < 4.78 is -0.584. The minimum atomic E-state index is -0.752. The van der Waals surface area contributed by atoms with Crippen molar-refractivity contribution in [2.75, 3.05) is 0 Å². The molecule has 0 heterocycles. The molecule has 9 heteroatoms. The van der Waals surface area contributed by atoms with E-state index in [1.54, 1.807) is 24.3 Å². The Balaban J connectivity index is 3.14. The highest BCUT2D eigenvalue weighted by atomic mass is 35.5. The third-order valence-electron chi connectivity index (χ3n) is 1.76. The van der Waals surface area contributed by atoms with Crippen LogP contribution in [0.3, 0.4) is 0 Å². The summed E-state index contributed by atoms with van der Waals surface area (Å²) in [7, 11) is 0. The number of hydrogen-bond donors (Lipinski definition) is 0. The number of hydrogen-bond acceptors (Lipinski definition) is 3. The molecule has 0 aliphatic carbocycles. The van der Waals surface area contributed by atoms with Crippen molar-refractivity contribution < 1.29 is 4.92 Å². The molecular weight excluding hydrogens is 375 g/mol. The lowest BCUT2D eigenvalue weighted by Gasteiger charge is -2.02. The highest BCUT2D eigenvalue weighted by Crippen LogP contribution is 2.37. The zero-order valence-electron chi connectivity index (χ0n) is 8.87. The molecule has 0 aliphatic rings. The van der Waals surface area contributed by atoms with Gasteiger partial charge in [-0.15, -0.1) is 0 Å². The Morgan fingerprint density at radius 3 is 2.05 bits per heavy atom. The maximum Gasteiger partial charge on any atom is 0.315 e. The number of halogens is 5. The van der Waals surface area contributed by atoms with Crippen molar-refractivity contribution in [3.8, 4) is 0 Å². The lowest BCUT2D eigenvalue weighted by molar-refractivity contribution is -0.419. The Labute approximate surface area is 138 Å². The Morgan fingerprint density at radius 2 is 1.63 bits per heavy atom. The molecule has 0 spiro atoms. The fraction of sp³-hybridized carbons (Fsp3) is 0. The summed E-state index contributed by atoms with van der Waals surface area (Å²) >= 11 is 29.1. The van der Waals surface area contributed by atoms with Crippen LogP contribution in [0.2, 0.25) is 5.02 Å². The van der Waals surface area contributed by atoms with Crippen molar-refractivity contribution >= 4 is 69.8 Å².